The number of anilines is 1. The van der Waals surface area contributed by atoms with Crippen molar-refractivity contribution in [2.45, 2.75) is 36.3 Å². The van der Waals surface area contributed by atoms with Gasteiger partial charge in [0.1, 0.15) is 12.2 Å². The minimum atomic E-state index is -4.42. The van der Waals surface area contributed by atoms with Crippen LogP contribution in [-0.4, -0.2) is 78.5 Å². The molecule has 4 atom stereocenters. The Morgan fingerprint density at radius 1 is 1.16 bits per heavy atom. The molecule has 1 aliphatic heterocycles. The molecule has 0 bridgehead atoms. The largest absolute Gasteiger partial charge is 0.388 e. The number of pyridine rings is 2. The van der Waals surface area contributed by atoms with Crippen molar-refractivity contribution in [3.05, 3.63) is 59.4 Å². The van der Waals surface area contributed by atoms with Crippen LogP contribution >= 0.6 is 11.6 Å². The monoisotopic (exact) mass is 558 g/mol. The quantitative estimate of drug-likeness (QED) is 0.260. The first kappa shape index (κ1) is 25.9. The molecule has 5 heterocycles. The van der Waals surface area contributed by atoms with Gasteiger partial charge in [-0.25, -0.2) is 23.4 Å². The highest BCUT2D eigenvalue weighted by Gasteiger charge is 2.58. The number of carbonyl (C=O) groups excluding carboxylic acids is 1. The number of nitrogens with one attached hydrogen (secondary N) is 2. The van der Waals surface area contributed by atoms with Gasteiger partial charge < -0.3 is 20.8 Å². The standard InChI is InChI=1S/C23H23ClN8O5S/c1-11-3-4-27-14(5-11)9-28-20-15-21(31-19(30-20)12-6-13(24)8-26-7-12)32(10-29-15)23-17(34)16(33)18(22(35)25-2)38(23,36)37/h3-8,10,16-18,23,33-34H,9H2,1-2H3,(H,25,35)(H,28,30,31)/t16-,17+,18-,23+/m0/s1. The van der Waals surface area contributed by atoms with Crippen molar-refractivity contribution in [2.75, 3.05) is 12.4 Å². The van der Waals surface area contributed by atoms with Gasteiger partial charge in [-0.3, -0.25) is 19.3 Å². The highest BCUT2D eigenvalue weighted by atomic mass is 35.5. The Hall–Kier alpha value is -3.72. The molecule has 0 spiro atoms. The number of imidazole rings is 1. The molecule has 1 amide bonds. The maximum Gasteiger partial charge on any atom is 0.240 e. The molecule has 1 aliphatic rings. The van der Waals surface area contributed by atoms with E-state index in [4.69, 9.17) is 11.6 Å². The molecule has 198 valence electrons. The second-order valence-corrected chi connectivity index (χ2v) is 11.4. The van der Waals surface area contributed by atoms with E-state index in [1.54, 1.807) is 12.3 Å². The topological polar surface area (TPSA) is 185 Å². The molecule has 15 heteroatoms. The zero-order chi connectivity index (χ0) is 27.2. The summed E-state index contributed by atoms with van der Waals surface area (Å²) in [5, 5.41) is 23.4. The van der Waals surface area contributed by atoms with E-state index in [0.29, 0.717) is 10.6 Å². The van der Waals surface area contributed by atoms with Crippen LogP contribution in [0.3, 0.4) is 0 Å². The summed E-state index contributed by atoms with van der Waals surface area (Å²) in [6, 6.07) is 5.36. The normalized spacial score (nSPS) is 22.4. The zero-order valence-corrected chi connectivity index (χ0v) is 21.7. The number of amides is 1. The molecule has 1 fully saturated rings. The van der Waals surface area contributed by atoms with Crippen LogP contribution in [0.15, 0.2) is 43.1 Å². The molecule has 0 radical (unpaired) electrons. The smallest absolute Gasteiger partial charge is 0.240 e. The zero-order valence-electron chi connectivity index (χ0n) is 20.1. The lowest BCUT2D eigenvalue weighted by atomic mass is 10.1. The van der Waals surface area contributed by atoms with E-state index >= 15 is 0 Å². The van der Waals surface area contributed by atoms with E-state index in [2.05, 4.69) is 35.6 Å². The van der Waals surface area contributed by atoms with E-state index < -0.39 is 38.6 Å². The van der Waals surface area contributed by atoms with Gasteiger partial charge in [-0.1, -0.05) is 11.6 Å². The van der Waals surface area contributed by atoms with Crippen molar-refractivity contribution in [3.63, 3.8) is 0 Å². The predicted octanol–water partition coefficient (Wildman–Crippen LogP) is 0.621. The lowest BCUT2D eigenvalue weighted by molar-refractivity contribution is -0.123. The lowest BCUT2D eigenvalue weighted by Crippen LogP contribution is -2.43. The minimum absolute atomic E-state index is 0.0482. The SMILES string of the molecule is CNC(=O)[C@@H]1[C@@H](O)[C@@H](O)[C@H](n2cnc3c(NCc4cc(C)ccn4)nc(-c4cncc(Cl)c4)nc32)S1(=O)=O. The Labute approximate surface area is 221 Å². The Kier molecular flexibility index (Phi) is 6.73. The van der Waals surface area contributed by atoms with E-state index in [1.807, 2.05) is 19.1 Å². The van der Waals surface area contributed by atoms with Crippen molar-refractivity contribution < 1.29 is 23.4 Å². The van der Waals surface area contributed by atoms with Crippen LogP contribution < -0.4 is 10.6 Å². The number of aliphatic hydroxyl groups is 2. The third-order valence-corrected chi connectivity index (χ3v) is 8.80. The highest BCUT2D eigenvalue weighted by molar-refractivity contribution is 7.93. The van der Waals surface area contributed by atoms with E-state index in [-0.39, 0.29) is 29.4 Å². The molecule has 1 saturated heterocycles. The second-order valence-electron chi connectivity index (χ2n) is 8.79. The molecule has 4 aromatic rings. The Morgan fingerprint density at radius 3 is 2.66 bits per heavy atom. The summed E-state index contributed by atoms with van der Waals surface area (Å²) in [4.78, 5) is 34.1. The first-order valence-corrected chi connectivity index (χ1v) is 13.4. The third-order valence-electron chi connectivity index (χ3n) is 6.22. The van der Waals surface area contributed by atoms with Gasteiger partial charge >= 0.3 is 0 Å². The Balaban J connectivity index is 1.65. The molecule has 5 rings (SSSR count). The number of halogens is 1. The van der Waals surface area contributed by atoms with Gasteiger partial charge in [0.25, 0.3) is 0 Å². The molecule has 4 N–H and O–H groups in total. The Morgan fingerprint density at radius 2 is 1.95 bits per heavy atom. The number of aromatic nitrogens is 6. The van der Waals surface area contributed by atoms with Crippen molar-refractivity contribution in [1.82, 2.24) is 34.8 Å². The molecule has 4 aromatic heterocycles. The van der Waals surface area contributed by atoms with Crippen LogP contribution in [0.2, 0.25) is 5.02 Å². The van der Waals surface area contributed by atoms with E-state index in [1.165, 1.54) is 25.8 Å². The number of rotatable bonds is 6. The van der Waals surface area contributed by atoms with Gasteiger partial charge in [0.05, 0.1) is 23.6 Å². The molecule has 0 aliphatic carbocycles. The van der Waals surface area contributed by atoms with Gasteiger partial charge in [0.15, 0.2) is 43.3 Å². The van der Waals surface area contributed by atoms with Crippen LogP contribution in [0.5, 0.6) is 0 Å². The number of nitrogens with zero attached hydrogens (tertiary/aromatic N) is 6. The third kappa shape index (κ3) is 4.45. The average molecular weight is 559 g/mol. The molecule has 0 unspecified atom stereocenters. The number of hydrogen-bond donors (Lipinski definition) is 4. The number of aliphatic hydroxyl groups excluding tert-OH is 2. The Bertz CT molecular complexity index is 1650. The van der Waals surface area contributed by atoms with Crippen molar-refractivity contribution in [2.24, 2.45) is 0 Å². The summed E-state index contributed by atoms with van der Waals surface area (Å²) in [5.41, 5.74) is 2.45. The fraction of sp³-hybridized carbons (Fsp3) is 0.304. The van der Waals surface area contributed by atoms with Gasteiger partial charge in [0, 0.05) is 31.2 Å². The van der Waals surface area contributed by atoms with E-state index in [9.17, 15) is 23.4 Å². The molecule has 13 nitrogen and oxygen atoms in total. The van der Waals surface area contributed by atoms with Crippen molar-refractivity contribution >= 4 is 44.3 Å². The van der Waals surface area contributed by atoms with Crippen LogP contribution in [0.4, 0.5) is 5.82 Å². The number of hydrogen-bond acceptors (Lipinski definition) is 11. The van der Waals surface area contributed by atoms with Crippen LogP contribution in [0.1, 0.15) is 16.6 Å². The maximum atomic E-state index is 13.4. The fourth-order valence-electron chi connectivity index (χ4n) is 4.42. The first-order valence-electron chi connectivity index (χ1n) is 11.4. The van der Waals surface area contributed by atoms with Gasteiger partial charge in [0.2, 0.25) is 5.91 Å². The van der Waals surface area contributed by atoms with Crippen LogP contribution in [0.25, 0.3) is 22.6 Å². The molecular weight excluding hydrogens is 536 g/mol. The van der Waals surface area contributed by atoms with Crippen molar-refractivity contribution in [1.29, 1.82) is 0 Å². The number of sulfone groups is 1. The summed E-state index contributed by atoms with van der Waals surface area (Å²) < 4.78 is 27.8. The number of aryl methyl sites for hydroxylation is 1. The van der Waals surface area contributed by atoms with Gasteiger partial charge in [-0.15, -0.1) is 0 Å². The average Bonchev–Trinajstić information content (AvgIpc) is 3.37. The maximum absolute atomic E-state index is 13.4. The van der Waals surface area contributed by atoms with Gasteiger partial charge in [-0.2, -0.15) is 0 Å². The summed E-state index contributed by atoms with van der Waals surface area (Å²) in [5.74, 6) is -0.514. The minimum Gasteiger partial charge on any atom is -0.388 e. The fourth-order valence-corrected chi connectivity index (χ4v) is 6.88. The molecule has 0 aromatic carbocycles. The summed E-state index contributed by atoms with van der Waals surface area (Å²) in [7, 11) is -3.18. The molecule has 38 heavy (non-hydrogen) atoms. The summed E-state index contributed by atoms with van der Waals surface area (Å²) in [6.45, 7) is 2.21. The van der Waals surface area contributed by atoms with Crippen LogP contribution in [-0.2, 0) is 21.2 Å². The van der Waals surface area contributed by atoms with Crippen molar-refractivity contribution in [3.8, 4) is 11.4 Å². The van der Waals surface area contributed by atoms with Crippen LogP contribution in [0, 0.1) is 6.92 Å². The summed E-state index contributed by atoms with van der Waals surface area (Å²) >= 11 is 6.12. The second kappa shape index (κ2) is 9.87. The van der Waals surface area contributed by atoms with Gasteiger partial charge in [-0.05, 0) is 30.7 Å². The first-order chi connectivity index (χ1) is 18.1. The number of fused-ring (bicyclic) bond motifs is 1. The molecular formula is C23H23ClN8O5S. The predicted molar refractivity (Wildman–Crippen MR) is 138 cm³/mol. The lowest BCUT2D eigenvalue weighted by Gasteiger charge is -2.17. The van der Waals surface area contributed by atoms with E-state index in [0.717, 1.165) is 15.8 Å². The molecule has 0 saturated carbocycles. The highest BCUT2D eigenvalue weighted by Crippen LogP contribution is 2.38. The number of carbonyl (C=O) groups is 1. The summed E-state index contributed by atoms with van der Waals surface area (Å²) in [6.07, 6.45) is 2.12.